The van der Waals surface area contributed by atoms with Crippen molar-refractivity contribution >= 4 is 17.9 Å². The highest BCUT2D eigenvalue weighted by Crippen LogP contribution is 2.11. The Kier molecular flexibility index (Phi) is 6.52. The van der Waals surface area contributed by atoms with Crippen molar-refractivity contribution in [3.8, 4) is 0 Å². The molecular weight excluding hydrogens is 248 g/mol. The summed E-state index contributed by atoms with van der Waals surface area (Å²) in [5.74, 6) is -0.567. The van der Waals surface area contributed by atoms with E-state index in [1.54, 1.807) is 7.05 Å². The van der Waals surface area contributed by atoms with Gasteiger partial charge in [-0.05, 0) is 27.2 Å². The highest BCUT2D eigenvalue weighted by Gasteiger charge is 2.23. The molecule has 0 heterocycles. The summed E-state index contributed by atoms with van der Waals surface area (Å²) in [4.78, 5) is 36.6. The quantitative estimate of drug-likeness (QED) is 0.730. The summed E-state index contributed by atoms with van der Waals surface area (Å²) >= 11 is 0. The molecule has 0 aliphatic rings. The average Bonchev–Trinajstić information content (AvgIpc) is 2.30. The van der Waals surface area contributed by atoms with Gasteiger partial charge >= 0.3 is 6.09 Å². The minimum Gasteiger partial charge on any atom is -0.449 e. The number of rotatable bonds is 4. The molecule has 6 heteroatoms. The van der Waals surface area contributed by atoms with Crippen molar-refractivity contribution in [2.45, 2.75) is 46.1 Å². The van der Waals surface area contributed by atoms with E-state index in [2.05, 4.69) is 0 Å². The molecule has 0 bridgehead atoms. The molecule has 0 saturated heterocycles. The average molecular weight is 272 g/mol. The maximum absolute atomic E-state index is 11.6. The predicted molar refractivity (Wildman–Crippen MR) is 71.5 cm³/mol. The maximum Gasteiger partial charge on any atom is 0.409 e. The molecule has 0 aromatic carbocycles. The summed E-state index contributed by atoms with van der Waals surface area (Å²) < 4.78 is 5.05. The van der Waals surface area contributed by atoms with Gasteiger partial charge in [-0.1, -0.05) is 0 Å². The largest absolute Gasteiger partial charge is 0.449 e. The Morgan fingerprint density at radius 3 is 2.05 bits per heavy atom. The fourth-order valence-electron chi connectivity index (χ4n) is 1.10. The number of carbonyl (C=O) groups excluding carboxylic acids is 3. The monoisotopic (exact) mass is 272 g/mol. The van der Waals surface area contributed by atoms with Gasteiger partial charge in [-0.2, -0.15) is 0 Å². The van der Waals surface area contributed by atoms with Gasteiger partial charge in [0.25, 0.3) is 0 Å². The van der Waals surface area contributed by atoms with Crippen LogP contribution in [0, 0.1) is 0 Å². The Bertz CT molecular complexity index is 347. The second-order valence-corrected chi connectivity index (χ2v) is 5.42. The predicted octanol–water partition coefficient (Wildman–Crippen LogP) is 1.64. The molecule has 0 atom stereocenters. The van der Waals surface area contributed by atoms with E-state index < -0.39 is 6.09 Å². The van der Waals surface area contributed by atoms with E-state index in [0.717, 1.165) is 4.90 Å². The normalized spacial score (nSPS) is 10.8. The molecular formula is C13H24N2O4. The molecule has 0 aliphatic carbocycles. The molecule has 0 radical (unpaired) electrons. The lowest BCUT2D eigenvalue weighted by molar-refractivity contribution is -0.141. The van der Waals surface area contributed by atoms with E-state index in [-0.39, 0.29) is 30.4 Å². The molecule has 0 N–H and O–H groups in total. The molecule has 6 nitrogen and oxygen atoms in total. The Morgan fingerprint density at radius 2 is 1.63 bits per heavy atom. The zero-order valence-electron chi connectivity index (χ0n) is 12.6. The van der Waals surface area contributed by atoms with Gasteiger partial charge in [-0.25, -0.2) is 4.79 Å². The standard InChI is InChI=1S/C13H24N2O4/c1-10(16)14(5)11(17)8-7-9-19-12(18)15(6)13(2,3)4/h7-9H2,1-6H3. The van der Waals surface area contributed by atoms with E-state index in [1.807, 2.05) is 20.8 Å². The lowest BCUT2D eigenvalue weighted by atomic mass is 10.1. The molecule has 0 aromatic rings. The fourth-order valence-corrected chi connectivity index (χ4v) is 1.10. The third-order valence-corrected chi connectivity index (χ3v) is 2.89. The fraction of sp³-hybridized carbons (Fsp3) is 0.769. The third kappa shape index (κ3) is 6.22. The van der Waals surface area contributed by atoms with Crippen LogP contribution in [0.3, 0.4) is 0 Å². The molecule has 3 amide bonds. The van der Waals surface area contributed by atoms with Crippen LogP contribution in [0.5, 0.6) is 0 Å². The van der Waals surface area contributed by atoms with Crippen molar-refractivity contribution in [1.82, 2.24) is 9.80 Å². The third-order valence-electron chi connectivity index (χ3n) is 2.89. The van der Waals surface area contributed by atoms with Gasteiger partial charge in [0.2, 0.25) is 11.8 Å². The van der Waals surface area contributed by atoms with Crippen LogP contribution in [-0.2, 0) is 14.3 Å². The molecule has 0 saturated carbocycles. The van der Waals surface area contributed by atoms with Crippen LogP contribution in [0.25, 0.3) is 0 Å². The number of hydrogen-bond donors (Lipinski definition) is 0. The molecule has 0 rings (SSSR count). The first kappa shape index (κ1) is 17.4. The van der Waals surface area contributed by atoms with Crippen LogP contribution in [0.1, 0.15) is 40.5 Å². The summed E-state index contributed by atoms with van der Waals surface area (Å²) in [5.41, 5.74) is -0.304. The van der Waals surface area contributed by atoms with Crippen molar-refractivity contribution in [3.63, 3.8) is 0 Å². The van der Waals surface area contributed by atoms with Crippen LogP contribution in [-0.4, -0.2) is 53.9 Å². The van der Waals surface area contributed by atoms with Crippen molar-refractivity contribution in [2.24, 2.45) is 0 Å². The minimum atomic E-state index is -0.417. The van der Waals surface area contributed by atoms with Gasteiger partial charge in [0.1, 0.15) is 0 Å². The number of carbonyl (C=O) groups is 3. The number of ether oxygens (including phenoxy) is 1. The Hall–Kier alpha value is -1.59. The SMILES string of the molecule is CC(=O)N(C)C(=O)CCCOC(=O)N(C)C(C)(C)C. The highest BCUT2D eigenvalue weighted by atomic mass is 16.6. The van der Waals surface area contributed by atoms with Crippen LogP contribution in [0.15, 0.2) is 0 Å². The van der Waals surface area contributed by atoms with E-state index in [4.69, 9.17) is 4.74 Å². The topological polar surface area (TPSA) is 66.9 Å². The highest BCUT2D eigenvalue weighted by molar-refractivity contribution is 5.93. The van der Waals surface area contributed by atoms with Crippen molar-refractivity contribution in [2.75, 3.05) is 20.7 Å². The van der Waals surface area contributed by atoms with Crippen molar-refractivity contribution < 1.29 is 19.1 Å². The molecule has 0 spiro atoms. The maximum atomic E-state index is 11.6. The zero-order chi connectivity index (χ0) is 15.2. The van der Waals surface area contributed by atoms with Gasteiger partial charge in [0, 0.05) is 33.0 Å². The van der Waals surface area contributed by atoms with E-state index >= 15 is 0 Å². The Labute approximate surface area is 114 Å². The molecule has 0 aromatic heterocycles. The Morgan fingerprint density at radius 1 is 1.11 bits per heavy atom. The lowest BCUT2D eigenvalue weighted by Gasteiger charge is -2.30. The second kappa shape index (κ2) is 7.11. The molecule has 0 fully saturated rings. The van der Waals surface area contributed by atoms with Crippen LogP contribution in [0.4, 0.5) is 4.79 Å². The first-order valence-electron chi connectivity index (χ1n) is 6.25. The smallest absolute Gasteiger partial charge is 0.409 e. The number of nitrogens with zero attached hydrogens (tertiary/aromatic N) is 2. The number of amides is 3. The van der Waals surface area contributed by atoms with Gasteiger partial charge in [0.05, 0.1) is 6.61 Å². The molecule has 19 heavy (non-hydrogen) atoms. The van der Waals surface area contributed by atoms with Gasteiger partial charge in [0.15, 0.2) is 0 Å². The Balaban J connectivity index is 3.97. The van der Waals surface area contributed by atoms with E-state index in [9.17, 15) is 14.4 Å². The van der Waals surface area contributed by atoms with Crippen molar-refractivity contribution in [3.05, 3.63) is 0 Å². The summed E-state index contributed by atoms with van der Waals surface area (Å²) in [7, 11) is 3.10. The first-order chi connectivity index (χ1) is 8.57. The van der Waals surface area contributed by atoms with Gasteiger partial charge in [-0.3, -0.25) is 14.5 Å². The first-order valence-corrected chi connectivity index (χ1v) is 6.25. The number of imide groups is 1. The molecule has 110 valence electrons. The van der Waals surface area contributed by atoms with E-state index in [1.165, 1.54) is 18.9 Å². The minimum absolute atomic E-state index is 0.163. The second-order valence-electron chi connectivity index (χ2n) is 5.42. The summed E-state index contributed by atoms with van der Waals surface area (Å²) in [6.45, 7) is 7.20. The summed E-state index contributed by atoms with van der Waals surface area (Å²) in [6.07, 6.45) is 0.169. The summed E-state index contributed by atoms with van der Waals surface area (Å²) in [5, 5.41) is 0. The van der Waals surface area contributed by atoms with E-state index in [0.29, 0.717) is 6.42 Å². The number of hydrogen-bond acceptors (Lipinski definition) is 4. The van der Waals surface area contributed by atoms with Crippen LogP contribution in [0.2, 0.25) is 0 Å². The summed E-state index contributed by atoms with van der Waals surface area (Å²) in [6, 6.07) is 0. The van der Waals surface area contributed by atoms with Crippen LogP contribution >= 0.6 is 0 Å². The van der Waals surface area contributed by atoms with Gasteiger partial charge < -0.3 is 9.64 Å². The molecule has 0 unspecified atom stereocenters. The molecule has 0 aliphatic heterocycles. The zero-order valence-corrected chi connectivity index (χ0v) is 12.6. The van der Waals surface area contributed by atoms with Gasteiger partial charge in [-0.15, -0.1) is 0 Å². The lowest BCUT2D eigenvalue weighted by Crippen LogP contribution is -2.42. The van der Waals surface area contributed by atoms with Crippen LogP contribution < -0.4 is 0 Å². The van der Waals surface area contributed by atoms with Crippen molar-refractivity contribution in [1.29, 1.82) is 0 Å².